The second-order valence-electron chi connectivity index (χ2n) is 4.91. The number of hydrogen-bond acceptors (Lipinski definition) is 9. The lowest BCUT2D eigenvalue weighted by Crippen LogP contribution is -2.34. The van der Waals surface area contributed by atoms with Crippen LogP contribution in [0, 0.1) is 22.7 Å². The summed E-state index contributed by atoms with van der Waals surface area (Å²) in [5, 5.41) is 17.7. The first-order valence-electron chi connectivity index (χ1n) is 7.47. The number of aromatic nitrogens is 2. The summed E-state index contributed by atoms with van der Waals surface area (Å²) in [7, 11) is 0. The standard InChI is InChI=1S/C16H16N8O2/c17-6-8-24(9-7-18)16-14(19)15(20-11-21-16)23-22-13(25)10-26-12-4-2-1-3-5-12/h1-5,11H,8-10,19H2,(H,22,25)(H,20,21,23). The summed E-state index contributed by atoms with van der Waals surface area (Å²) in [4.78, 5) is 21.2. The van der Waals surface area contributed by atoms with E-state index in [1.165, 1.54) is 11.2 Å². The smallest absolute Gasteiger partial charge is 0.276 e. The van der Waals surface area contributed by atoms with Crippen LogP contribution >= 0.6 is 0 Å². The molecule has 10 heteroatoms. The van der Waals surface area contributed by atoms with Gasteiger partial charge in [0.1, 0.15) is 30.9 Å². The number of nitrogens with two attached hydrogens (primary N) is 1. The minimum atomic E-state index is -0.445. The number of nitrogen functional groups attached to an aromatic ring is 1. The average Bonchev–Trinajstić information content (AvgIpc) is 2.66. The highest BCUT2D eigenvalue weighted by Crippen LogP contribution is 2.25. The molecule has 0 saturated carbocycles. The average molecular weight is 352 g/mol. The van der Waals surface area contributed by atoms with Crippen LogP contribution in [0.3, 0.4) is 0 Å². The number of nitrogens with zero attached hydrogens (tertiary/aromatic N) is 5. The van der Waals surface area contributed by atoms with E-state index < -0.39 is 5.91 Å². The minimum absolute atomic E-state index is 0.0640. The molecule has 26 heavy (non-hydrogen) atoms. The molecule has 1 heterocycles. The van der Waals surface area contributed by atoms with Gasteiger partial charge in [-0.1, -0.05) is 18.2 Å². The highest BCUT2D eigenvalue weighted by Gasteiger charge is 2.15. The first-order valence-corrected chi connectivity index (χ1v) is 7.47. The van der Waals surface area contributed by atoms with Crippen LogP contribution in [0.5, 0.6) is 5.75 Å². The molecule has 0 aliphatic carbocycles. The molecule has 2 aromatic rings. The highest BCUT2D eigenvalue weighted by molar-refractivity contribution is 5.81. The van der Waals surface area contributed by atoms with Gasteiger partial charge >= 0.3 is 0 Å². The third-order valence-corrected chi connectivity index (χ3v) is 3.12. The molecule has 0 saturated heterocycles. The Labute approximate surface area is 149 Å². The van der Waals surface area contributed by atoms with Crippen LogP contribution in [0.1, 0.15) is 0 Å². The molecule has 2 rings (SSSR count). The number of hydrogen-bond donors (Lipinski definition) is 3. The van der Waals surface area contributed by atoms with Gasteiger partial charge in [0.25, 0.3) is 5.91 Å². The summed E-state index contributed by atoms with van der Waals surface area (Å²) >= 11 is 0. The second-order valence-corrected chi connectivity index (χ2v) is 4.91. The van der Waals surface area contributed by atoms with Gasteiger partial charge in [0.15, 0.2) is 18.2 Å². The molecule has 0 unspecified atom stereocenters. The van der Waals surface area contributed by atoms with Crippen molar-refractivity contribution in [3.8, 4) is 17.9 Å². The number of rotatable bonds is 8. The summed E-state index contributed by atoms with van der Waals surface area (Å²) in [5.74, 6) is 0.485. The maximum Gasteiger partial charge on any atom is 0.276 e. The first-order chi connectivity index (χ1) is 12.7. The lowest BCUT2D eigenvalue weighted by molar-refractivity contribution is -0.122. The van der Waals surface area contributed by atoms with Gasteiger partial charge in [0.2, 0.25) is 0 Å². The summed E-state index contributed by atoms with van der Waals surface area (Å²) in [6, 6.07) is 12.8. The van der Waals surface area contributed by atoms with Crippen molar-refractivity contribution in [2.24, 2.45) is 0 Å². The van der Waals surface area contributed by atoms with Gasteiger partial charge in [-0.05, 0) is 12.1 Å². The van der Waals surface area contributed by atoms with E-state index in [0.717, 1.165) is 0 Å². The molecular weight excluding hydrogens is 336 g/mol. The Morgan fingerprint density at radius 3 is 2.54 bits per heavy atom. The maximum absolute atomic E-state index is 11.8. The molecule has 0 atom stereocenters. The minimum Gasteiger partial charge on any atom is -0.484 e. The van der Waals surface area contributed by atoms with E-state index in [9.17, 15) is 4.79 Å². The van der Waals surface area contributed by atoms with E-state index in [0.29, 0.717) is 5.75 Å². The van der Waals surface area contributed by atoms with Crippen LogP contribution < -0.4 is 26.2 Å². The number of nitrogens with one attached hydrogen (secondary N) is 2. The van der Waals surface area contributed by atoms with Crippen LogP contribution in [-0.4, -0.2) is 35.6 Å². The van der Waals surface area contributed by atoms with E-state index >= 15 is 0 Å². The molecule has 0 aliphatic heterocycles. The molecular formula is C16H16N8O2. The van der Waals surface area contributed by atoms with Gasteiger partial charge in [-0.3, -0.25) is 15.6 Å². The topological polar surface area (TPSA) is 153 Å². The molecule has 0 radical (unpaired) electrons. The lowest BCUT2D eigenvalue weighted by atomic mass is 10.3. The predicted molar refractivity (Wildman–Crippen MR) is 93.6 cm³/mol. The summed E-state index contributed by atoms with van der Waals surface area (Å²) in [6.45, 7) is -0.333. The molecule has 1 amide bonds. The molecule has 0 fully saturated rings. The molecule has 1 aromatic heterocycles. The van der Waals surface area contributed by atoms with E-state index in [1.54, 1.807) is 24.3 Å². The highest BCUT2D eigenvalue weighted by atomic mass is 16.5. The molecule has 1 aromatic carbocycles. The van der Waals surface area contributed by atoms with Crippen molar-refractivity contribution in [1.29, 1.82) is 10.5 Å². The Morgan fingerprint density at radius 1 is 1.19 bits per heavy atom. The Balaban J connectivity index is 1.97. The van der Waals surface area contributed by atoms with Gasteiger partial charge in [-0.15, -0.1) is 0 Å². The van der Waals surface area contributed by atoms with Crippen LogP contribution in [0.2, 0.25) is 0 Å². The fourth-order valence-electron chi connectivity index (χ4n) is 1.94. The third-order valence-electron chi connectivity index (χ3n) is 3.12. The number of anilines is 3. The number of amides is 1. The predicted octanol–water partition coefficient (Wildman–Crippen LogP) is 0.434. The third kappa shape index (κ3) is 4.97. The van der Waals surface area contributed by atoms with Crippen LogP contribution in [-0.2, 0) is 4.79 Å². The molecule has 132 valence electrons. The van der Waals surface area contributed by atoms with Crippen LogP contribution in [0.15, 0.2) is 36.7 Å². The van der Waals surface area contributed by atoms with Gasteiger partial charge < -0.3 is 15.4 Å². The normalized spacial score (nSPS) is 9.46. The van der Waals surface area contributed by atoms with Crippen molar-refractivity contribution in [2.45, 2.75) is 0 Å². The first kappa shape index (κ1) is 18.3. The Morgan fingerprint density at radius 2 is 1.88 bits per heavy atom. The Bertz CT molecular complexity index is 812. The maximum atomic E-state index is 11.8. The van der Waals surface area contributed by atoms with Crippen LogP contribution in [0.4, 0.5) is 17.3 Å². The van der Waals surface area contributed by atoms with Gasteiger partial charge in [-0.25, -0.2) is 9.97 Å². The van der Waals surface area contributed by atoms with Gasteiger partial charge in [0.05, 0.1) is 12.1 Å². The van der Waals surface area contributed by atoms with Gasteiger partial charge in [0, 0.05) is 0 Å². The fourth-order valence-corrected chi connectivity index (χ4v) is 1.94. The zero-order valence-electron chi connectivity index (χ0n) is 13.7. The Hall–Kier alpha value is -4.05. The second kappa shape index (κ2) is 9.30. The van der Waals surface area contributed by atoms with Crippen molar-refractivity contribution in [3.05, 3.63) is 36.7 Å². The molecule has 4 N–H and O–H groups in total. The monoisotopic (exact) mass is 352 g/mol. The van der Waals surface area contributed by atoms with E-state index in [1.807, 2.05) is 18.2 Å². The quantitative estimate of drug-likeness (QED) is 0.453. The number of carbonyl (C=O) groups excluding carboxylic acids is 1. The van der Waals surface area contributed by atoms with E-state index in [4.69, 9.17) is 21.0 Å². The van der Waals surface area contributed by atoms with E-state index in [2.05, 4.69) is 20.8 Å². The zero-order chi connectivity index (χ0) is 18.8. The number of ether oxygens (including phenoxy) is 1. The summed E-state index contributed by atoms with van der Waals surface area (Å²) < 4.78 is 5.32. The summed E-state index contributed by atoms with van der Waals surface area (Å²) in [6.07, 6.45) is 1.21. The van der Waals surface area contributed by atoms with Gasteiger partial charge in [-0.2, -0.15) is 10.5 Å². The number of hydrazine groups is 1. The van der Waals surface area contributed by atoms with Crippen molar-refractivity contribution in [2.75, 3.05) is 35.8 Å². The molecule has 0 aliphatic rings. The van der Waals surface area contributed by atoms with Crippen molar-refractivity contribution in [1.82, 2.24) is 15.4 Å². The number of benzene rings is 1. The van der Waals surface area contributed by atoms with Crippen molar-refractivity contribution in [3.63, 3.8) is 0 Å². The largest absolute Gasteiger partial charge is 0.484 e. The SMILES string of the molecule is N#CCN(CC#N)c1ncnc(NNC(=O)COc2ccccc2)c1N. The number of para-hydroxylation sites is 1. The lowest BCUT2D eigenvalue weighted by Gasteiger charge is -2.20. The fraction of sp³-hybridized carbons (Fsp3) is 0.188. The molecule has 0 spiro atoms. The van der Waals surface area contributed by atoms with E-state index in [-0.39, 0.29) is 37.0 Å². The summed E-state index contributed by atoms with van der Waals surface area (Å²) in [5.41, 5.74) is 11.1. The number of carbonyl (C=O) groups is 1. The molecule has 0 bridgehead atoms. The van der Waals surface area contributed by atoms with Crippen molar-refractivity contribution >= 4 is 23.2 Å². The molecule has 10 nitrogen and oxygen atoms in total. The number of nitriles is 2. The van der Waals surface area contributed by atoms with Crippen LogP contribution in [0.25, 0.3) is 0 Å². The zero-order valence-corrected chi connectivity index (χ0v) is 13.7. The van der Waals surface area contributed by atoms with Crippen molar-refractivity contribution < 1.29 is 9.53 Å². The Kier molecular flexibility index (Phi) is 6.54.